The SMILES string of the molecule is CC.Cc1cc(C)n2nc(C(F)(F)F)cc2n1. The van der Waals surface area contributed by atoms with Gasteiger partial charge >= 0.3 is 6.18 Å². The Morgan fingerprint density at radius 2 is 1.71 bits per heavy atom. The Bertz CT molecular complexity index is 514. The number of halogens is 3. The van der Waals surface area contributed by atoms with Crippen molar-refractivity contribution in [3.8, 4) is 0 Å². The summed E-state index contributed by atoms with van der Waals surface area (Å²) >= 11 is 0. The maximum Gasteiger partial charge on any atom is 0.435 e. The monoisotopic (exact) mass is 245 g/mol. The van der Waals surface area contributed by atoms with Gasteiger partial charge in [0.1, 0.15) is 0 Å². The first-order valence-electron chi connectivity index (χ1n) is 5.29. The lowest BCUT2D eigenvalue weighted by Crippen LogP contribution is -2.06. The molecule has 0 aliphatic carbocycles. The minimum atomic E-state index is -4.42. The van der Waals surface area contributed by atoms with Crippen LogP contribution in [-0.2, 0) is 6.18 Å². The quantitative estimate of drug-likeness (QED) is 0.712. The van der Waals surface area contributed by atoms with Gasteiger partial charge in [0.15, 0.2) is 11.3 Å². The minimum Gasteiger partial charge on any atom is -0.234 e. The maximum atomic E-state index is 12.4. The number of aryl methyl sites for hydroxylation is 2. The van der Waals surface area contributed by atoms with Crippen LogP contribution >= 0.6 is 0 Å². The Labute approximate surface area is 97.3 Å². The van der Waals surface area contributed by atoms with Crippen LogP contribution in [0.25, 0.3) is 5.65 Å². The molecule has 2 heterocycles. The second kappa shape index (κ2) is 4.73. The van der Waals surface area contributed by atoms with Crippen LogP contribution in [0.1, 0.15) is 30.9 Å². The molecule has 2 aromatic heterocycles. The summed E-state index contributed by atoms with van der Waals surface area (Å²) in [4.78, 5) is 3.97. The molecule has 0 N–H and O–H groups in total. The van der Waals surface area contributed by atoms with Crippen LogP contribution in [0.4, 0.5) is 13.2 Å². The Morgan fingerprint density at radius 1 is 1.12 bits per heavy atom. The third-order valence-corrected chi connectivity index (χ3v) is 2.02. The van der Waals surface area contributed by atoms with Gasteiger partial charge in [-0.05, 0) is 19.9 Å². The van der Waals surface area contributed by atoms with Crippen LogP contribution in [0.5, 0.6) is 0 Å². The van der Waals surface area contributed by atoms with Crippen molar-refractivity contribution >= 4 is 5.65 Å². The number of alkyl halides is 3. The highest BCUT2D eigenvalue weighted by Crippen LogP contribution is 2.28. The molecule has 0 atom stereocenters. The number of rotatable bonds is 0. The fourth-order valence-corrected chi connectivity index (χ4v) is 1.43. The van der Waals surface area contributed by atoms with E-state index in [-0.39, 0.29) is 5.65 Å². The Hall–Kier alpha value is -1.59. The summed E-state index contributed by atoms with van der Waals surface area (Å²) in [6.45, 7) is 7.42. The molecule has 2 rings (SSSR count). The van der Waals surface area contributed by atoms with Crippen molar-refractivity contribution in [2.75, 3.05) is 0 Å². The lowest BCUT2D eigenvalue weighted by molar-refractivity contribution is -0.141. The average Bonchev–Trinajstić information content (AvgIpc) is 2.64. The molecule has 0 aliphatic rings. The topological polar surface area (TPSA) is 30.2 Å². The van der Waals surface area contributed by atoms with Gasteiger partial charge in [-0.25, -0.2) is 9.50 Å². The fourth-order valence-electron chi connectivity index (χ4n) is 1.43. The molecule has 6 heteroatoms. The van der Waals surface area contributed by atoms with Crippen molar-refractivity contribution in [2.24, 2.45) is 0 Å². The molecule has 3 nitrogen and oxygen atoms in total. The van der Waals surface area contributed by atoms with Crippen LogP contribution in [0.3, 0.4) is 0 Å². The molecular weight excluding hydrogens is 231 g/mol. The summed E-state index contributed by atoms with van der Waals surface area (Å²) in [5.41, 5.74) is 0.616. The van der Waals surface area contributed by atoms with E-state index >= 15 is 0 Å². The molecular formula is C11H14F3N3. The van der Waals surface area contributed by atoms with Crippen LogP contribution in [-0.4, -0.2) is 14.6 Å². The smallest absolute Gasteiger partial charge is 0.234 e. The molecule has 0 fully saturated rings. The molecule has 17 heavy (non-hydrogen) atoms. The van der Waals surface area contributed by atoms with E-state index in [4.69, 9.17) is 0 Å². The third-order valence-electron chi connectivity index (χ3n) is 2.02. The van der Waals surface area contributed by atoms with Crippen molar-refractivity contribution in [2.45, 2.75) is 33.9 Å². The van der Waals surface area contributed by atoms with Gasteiger partial charge in [0.05, 0.1) is 0 Å². The highest BCUT2D eigenvalue weighted by molar-refractivity contribution is 5.42. The summed E-state index contributed by atoms with van der Waals surface area (Å²) in [6, 6.07) is 2.63. The third kappa shape index (κ3) is 2.75. The lowest BCUT2D eigenvalue weighted by atomic mass is 10.3. The summed E-state index contributed by atoms with van der Waals surface area (Å²) in [6.07, 6.45) is -4.42. The van der Waals surface area contributed by atoms with Crippen molar-refractivity contribution in [1.82, 2.24) is 14.6 Å². The summed E-state index contributed by atoms with van der Waals surface area (Å²) in [5, 5.41) is 3.45. The molecule has 0 aromatic carbocycles. The highest BCUT2D eigenvalue weighted by atomic mass is 19.4. The van der Waals surface area contributed by atoms with Gasteiger partial charge in [0, 0.05) is 17.5 Å². The first-order valence-corrected chi connectivity index (χ1v) is 5.29. The molecule has 0 bridgehead atoms. The van der Waals surface area contributed by atoms with Crippen molar-refractivity contribution in [1.29, 1.82) is 0 Å². The number of hydrogen-bond donors (Lipinski definition) is 0. The zero-order chi connectivity index (χ0) is 13.2. The van der Waals surface area contributed by atoms with Crippen LogP contribution in [0.15, 0.2) is 12.1 Å². The van der Waals surface area contributed by atoms with E-state index in [1.165, 1.54) is 4.52 Å². The minimum absolute atomic E-state index is 0.222. The first-order chi connectivity index (χ1) is 7.88. The van der Waals surface area contributed by atoms with E-state index in [0.29, 0.717) is 11.4 Å². The second-order valence-electron chi connectivity index (χ2n) is 3.34. The van der Waals surface area contributed by atoms with Gasteiger partial charge in [-0.15, -0.1) is 0 Å². The van der Waals surface area contributed by atoms with E-state index in [1.54, 1.807) is 19.9 Å². The van der Waals surface area contributed by atoms with Gasteiger partial charge in [0.25, 0.3) is 0 Å². The normalized spacial score (nSPS) is 11.2. The van der Waals surface area contributed by atoms with Crippen LogP contribution in [0.2, 0.25) is 0 Å². The predicted octanol–water partition coefficient (Wildman–Crippen LogP) is 3.39. The largest absolute Gasteiger partial charge is 0.435 e. The maximum absolute atomic E-state index is 12.4. The number of hydrogen-bond acceptors (Lipinski definition) is 2. The highest BCUT2D eigenvalue weighted by Gasteiger charge is 2.34. The van der Waals surface area contributed by atoms with Gasteiger partial charge in [-0.1, -0.05) is 13.8 Å². The van der Waals surface area contributed by atoms with Gasteiger partial charge in [-0.3, -0.25) is 0 Å². The average molecular weight is 245 g/mol. The first kappa shape index (κ1) is 13.5. The standard InChI is InChI=1S/C9H8F3N3.C2H6/c1-5-3-6(2)15-8(13-5)4-7(14-15)9(10,11)12;1-2/h3-4H,1-2H3;1-2H3. The second-order valence-corrected chi connectivity index (χ2v) is 3.34. The molecule has 94 valence electrons. The zero-order valence-corrected chi connectivity index (χ0v) is 10.1. The van der Waals surface area contributed by atoms with Gasteiger partial charge in [-0.2, -0.15) is 18.3 Å². The van der Waals surface area contributed by atoms with E-state index < -0.39 is 11.9 Å². The van der Waals surface area contributed by atoms with E-state index in [9.17, 15) is 13.2 Å². The van der Waals surface area contributed by atoms with E-state index in [1.807, 2.05) is 13.8 Å². The lowest BCUT2D eigenvalue weighted by Gasteiger charge is -2.00. The van der Waals surface area contributed by atoms with Crippen LogP contribution in [0, 0.1) is 13.8 Å². The summed E-state index contributed by atoms with van der Waals surface area (Å²) in [7, 11) is 0. The van der Waals surface area contributed by atoms with E-state index in [0.717, 1.165) is 6.07 Å². The molecule has 0 unspecified atom stereocenters. The van der Waals surface area contributed by atoms with E-state index in [2.05, 4.69) is 10.1 Å². The summed E-state index contributed by atoms with van der Waals surface area (Å²) < 4.78 is 38.3. The molecule has 0 spiro atoms. The summed E-state index contributed by atoms with van der Waals surface area (Å²) in [5.74, 6) is 0. The Morgan fingerprint density at radius 3 is 2.24 bits per heavy atom. The molecule has 0 aliphatic heterocycles. The molecule has 0 radical (unpaired) electrons. The Kier molecular flexibility index (Phi) is 3.75. The predicted molar refractivity (Wildman–Crippen MR) is 58.8 cm³/mol. The Balaban J connectivity index is 0.000000686. The molecule has 0 amide bonds. The molecule has 0 saturated carbocycles. The van der Waals surface area contributed by atoms with Crippen LogP contribution < -0.4 is 0 Å². The van der Waals surface area contributed by atoms with Gasteiger partial charge < -0.3 is 0 Å². The van der Waals surface area contributed by atoms with Crippen molar-refractivity contribution in [3.63, 3.8) is 0 Å². The van der Waals surface area contributed by atoms with Gasteiger partial charge in [0.2, 0.25) is 0 Å². The zero-order valence-electron chi connectivity index (χ0n) is 10.1. The number of fused-ring (bicyclic) bond motifs is 1. The molecule has 2 aromatic rings. The number of nitrogens with zero attached hydrogens (tertiary/aromatic N) is 3. The van der Waals surface area contributed by atoms with Crippen molar-refractivity contribution < 1.29 is 13.2 Å². The number of aromatic nitrogens is 3. The molecule has 0 saturated heterocycles. The fraction of sp³-hybridized carbons (Fsp3) is 0.455. The van der Waals surface area contributed by atoms with Crippen molar-refractivity contribution in [3.05, 3.63) is 29.2 Å².